The lowest BCUT2D eigenvalue weighted by atomic mass is 9.82. The molecule has 17 heavy (non-hydrogen) atoms. The molecule has 1 saturated heterocycles. The van der Waals surface area contributed by atoms with Crippen LogP contribution in [0.4, 0.5) is 5.69 Å². The van der Waals surface area contributed by atoms with Crippen LogP contribution in [0.1, 0.15) is 32.3 Å². The maximum absolute atomic E-state index is 5.79. The van der Waals surface area contributed by atoms with Crippen LogP contribution in [0, 0.1) is 5.41 Å². The molecule has 2 N–H and O–H groups in total. The number of hydrogen-bond acceptors (Lipinski definition) is 2. The minimum Gasteiger partial charge on any atom is -0.399 e. The largest absolute Gasteiger partial charge is 0.399 e. The maximum atomic E-state index is 5.79. The highest BCUT2D eigenvalue weighted by molar-refractivity contribution is 5.40. The van der Waals surface area contributed by atoms with Gasteiger partial charge in [-0.2, -0.15) is 0 Å². The molecule has 0 unspecified atom stereocenters. The third-order valence-corrected chi connectivity index (χ3v) is 3.88. The topological polar surface area (TPSA) is 29.3 Å². The monoisotopic (exact) mass is 232 g/mol. The number of nitrogens with two attached hydrogens (primary N) is 1. The first-order valence-corrected chi connectivity index (χ1v) is 6.62. The number of piperidine rings is 1. The van der Waals surface area contributed by atoms with E-state index in [2.05, 4.69) is 30.9 Å². The van der Waals surface area contributed by atoms with E-state index < -0.39 is 0 Å². The lowest BCUT2D eigenvalue weighted by Gasteiger charge is -2.36. The van der Waals surface area contributed by atoms with Crippen molar-refractivity contribution in [2.24, 2.45) is 5.41 Å². The number of anilines is 1. The molecule has 2 heteroatoms. The molecule has 0 saturated carbocycles. The van der Waals surface area contributed by atoms with Crippen LogP contribution in [0.3, 0.4) is 0 Å². The Morgan fingerprint density at radius 2 is 1.94 bits per heavy atom. The Hall–Kier alpha value is -1.02. The van der Waals surface area contributed by atoms with Gasteiger partial charge in [-0.15, -0.1) is 0 Å². The lowest BCUT2D eigenvalue weighted by Crippen LogP contribution is -2.38. The number of nitrogens with zero attached hydrogens (tertiary/aromatic N) is 1. The van der Waals surface area contributed by atoms with Crippen LogP contribution >= 0.6 is 0 Å². The van der Waals surface area contributed by atoms with Crippen LogP contribution in [-0.2, 0) is 6.42 Å². The average molecular weight is 232 g/mol. The van der Waals surface area contributed by atoms with Crippen LogP contribution in [0.15, 0.2) is 24.3 Å². The van der Waals surface area contributed by atoms with Crippen molar-refractivity contribution in [1.29, 1.82) is 0 Å². The highest BCUT2D eigenvalue weighted by atomic mass is 15.1. The standard InChI is InChI=1S/C15H24N2/c1-15(2)7-10-17(11-8-15)9-6-13-4-3-5-14(16)12-13/h3-5,12H,6-11,16H2,1-2H3. The molecular weight excluding hydrogens is 208 g/mol. The quantitative estimate of drug-likeness (QED) is 0.812. The second kappa shape index (κ2) is 5.09. The molecule has 1 aromatic carbocycles. The van der Waals surface area contributed by atoms with E-state index in [1.165, 1.54) is 38.0 Å². The zero-order chi connectivity index (χ0) is 12.3. The van der Waals surface area contributed by atoms with Crippen molar-refractivity contribution in [1.82, 2.24) is 4.90 Å². The first-order chi connectivity index (χ1) is 8.05. The van der Waals surface area contributed by atoms with E-state index in [9.17, 15) is 0 Å². The Kier molecular flexibility index (Phi) is 3.72. The minimum atomic E-state index is 0.549. The van der Waals surface area contributed by atoms with Gasteiger partial charge in [0, 0.05) is 12.2 Å². The van der Waals surface area contributed by atoms with Crippen molar-refractivity contribution in [2.75, 3.05) is 25.4 Å². The van der Waals surface area contributed by atoms with E-state index in [-0.39, 0.29) is 0 Å². The van der Waals surface area contributed by atoms with Crippen molar-refractivity contribution >= 4 is 5.69 Å². The number of likely N-dealkylation sites (tertiary alicyclic amines) is 1. The van der Waals surface area contributed by atoms with Crippen LogP contribution in [0.25, 0.3) is 0 Å². The van der Waals surface area contributed by atoms with Gasteiger partial charge in [-0.25, -0.2) is 0 Å². The van der Waals surface area contributed by atoms with Crippen LogP contribution < -0.4 is 5.73 Å². The predicted octanol–water partition coefficient (Wildman–Crippen LogP) is 2.93. The Bertz CT molecular complexity index is 361. The summed E-state index contributed by atoms with van der Waals surface area (Å²) in [6.07, 6.45) is 3.76. The van der Waals surface area contributed by atoms with Crippen molar-refractivity contribution in [3.8, 4) is 0 Å². The third kappa shape index (κ3) is 3.74. The van der Waals surface area contributed by atoms with Crippen molar-refractivity contribution in [2.45, 2.75) is 33.1 Å². The summed E-state index contributed by atoms with van der Waals surface area (Å²) in [7, 11) is 0. The second-order valence-electron chi connectivity index (χ2n) is 6.00. The maximum Gasteiger partial charge on any atom is 0.0316 e. The molecule has 2 nitrogen and oxygen atoms in total. The molecule has 0 aliphatic carbocycles. The van der Waals surface area contributed by atoms with Gasteiger partial charge in [-0.05, 0) is 55.5 Å². The molecule has 0 atom stereocenters. The summed E-state index contributed by atoms with van der Waals surface area (Å²) >= 11 is 0. The number of benzene rings is 1. The molecule has 94 valence electrons. The van der Waals surface area contributed by atoms with E-state index in [1.54, 1.807) is 0 Å². The van der Waals surface area contributed by atoms with E-state index in [1.807, 2.05) is 12.1 Å². The van der Waals surface area contributed by atoms with Gasteiger partial charge in [0.15, 0.2) is 0 Å². The molecule has 0 spiro atoms. The second-order valence-corrected chi connectivity index (χ2v) is 6.00. The van der Waals surface area contributed by atoms with Crippen molar-refractivity contribution < 1.29 is 0 Å². The number of rotatable bonds is 3. The molecule has 0 radical (unpaired) electrons. The van der Waals surface area contributed by atoms with Gasteiger partial charge in [0.05, 0.1) is 0 Å². The first-order valence-electron chi connectivity index (χ1n) is 6.62. The smallest absolute Gasteiger partial charge is 0.0316 e. The summed E-state index contributed by atoms with van der Waals surface area (Å²) in [6.45, 7) is 8.41. The van der Waals surface area contributed by atoms with E-state index >= 15 is 0 Å². The third-order valence-electron chi connectivity index (χ3n) is 3.88. The van der Waals surface area contributed by atoms with Crippen molar-refractivity contribution in [3.05, 3.63) is 29.8 Å². The summed E-state index contributed by atoms with van der Waals surface area (Å²) in [5.41, 5.74) is 8.57. The van der Waals surface area contributed by atoms with Crippen molar-refractivity contribution in [3.63, 3.8) is 0 Å². The van der Waals surface area contributed by atoms with Gasteiger partial charge in [-0.1, -0.05) is 26.0 Å². The first kappa shape index (κ1) is 12.4. The molecule has 1 heterocycles. The summed E-state index contributed by atoms with van der Waals surface area (Å²) in [6, 6.07) is 8.26. The molecule has 1 fully saturated rings. The van der Waals surface area contributed by atoms with Crippen LogP contribution in [0.5, 0.6) is 0 Å². The van der Waals surface area contributed by atoms with Crippen LogP contribution in [-0.4, -0.2) is 24.5 Å². The SMILES string of the molecule is CC1(C)CCN(CCc2cccc(N)c2)CC1. The molecule has 1 aromatic rings. The molecule has 1 aliphatic rings. The van der Waals surface area contributed by atoms with Gasteiger partial charge in [0.2, 0.25) is 0 Å². The zero-order valence-corrected chi connectivity index (χ0v) is 11.1. The van der Waals surface area contributed by atoms with Crippen LogP contribution in [0.2, 0.25) is 0 Å². The molecule has 2 rings (SSSR count). The Morgan fingerprint density at radius 1 is 1.24 bits per heavy atom. The molecule has 0 bridgehead atoms. The fraction of sp³-hybridized carbons (Fsp3) is 0.600. The summed E-state index contributed by atoms with van der Waals surface area (Å²) in [5, 5.41) is 0. The minimum absolute atomic E-state index is 0.549. The average Bonchev–Trinajstić information content (AvgIpc) is 2.28. The predicted molar refractivity (Wildman–Crippen MR) is 74.0 cm³/mol. The Labute approximate surface area is 105 Å². The van der Waals surface area contributed by atoms with Gasteiger partial charge in [0.1, 0.15) is 0 Å². The van der Waals surface area contributed by atoms with E-state index in [4.69, 9.17) is 5.73 Å². The lowest BCUT2D eigenvalue weighted by molar-refractivity contribution is 0.134. The van der Waals surface area contributed by atoms with Gasteiger partial charge in [0.25, 0.3) is 0 Å². The summed E-state index contributed by atoms with van der Waals surface area (Å²) < 4.78 is 0. The molecule has 1 aliphatic heterocycles. The number of nitrogen functional groups attached to an aromatic ring is 1. The normalized spacial score (nSPS) is 20.4. The van der Waals surface area contributed by atoms with Gasteiger partial charge >= 0.3 is 0 Å². The zero-order valence-electron chi connectivity index (χ0n) is 11.1. The fourth-order valence-electron chi connectivity index (χ4n) is 2.42. The fourth-order valence-corrected chi connectivity index (χ4v) is 2.42. The Morgan fingerprint density at radius 3 is 2.59 bits per heavy atom. The molecule has 0 amide bonds. The number of hydrogen-bond donors (Lipinski definition) is 1. The van der Waals surface area contributed by atoms with E-state index in [0.717, 1.165) is 12.1 Å². The highest BCUT2D eigenvalue weighted by Crippen LogP contribution is 2.29. The van der Waals surface area contributed by atoms with E-state index in [0.29, 0.717) is 5.41 Å². The van der Waals surface area contributed by atoms with Gasteiger partial charge < -0.3 is 10.6 Å². The van der Waals surface area contributed by atoms with Gasteiger partial charge in [-0.3, -0.25) is 0 Å². The summed E-state index contributed by atoms with van der Waals surface area (Å²) in [4.78, 5) is 2.58. The highest BCUT2D eigenvalue weighted by Gasteiger charge is 2.24. The molecule has 0 aromatic heterocycles. The summed E-state index contributed by atoms with van der Waals surface area (Å²) in [5.74, 6) is 0. The molecular formula is C15H24N2. The Balaban J connectivity index is 1.80.